The molecule has 2 aromatic carbocycles. The SMILES string of the molecule is CSc1ccccc1C(=O)N1CCN(S(=O)(=O)c2ccc(C(C)(C)C)cc2)CC1. The van der Waals surface area contributed by atoms with Crippen LogP contribution in [-0.4, -0.2) is 56.0 Å². The molecule has 0 N–H and O–H groups in total. The second-order valence-corrected chi connectivity index (χ2v) is 11.0. The smallest absolute Gasteiger partial charge is 0.255 e. The molecule has 156 valence electrons. The lowest BCUT2D eigenvalue weighted by Crippen LogP contribution is -2.50. The summed E-state index contributed by atoms with van der Waals surface area (Å²) in [5.74, 6) is -0.0403. The lowest BCUT2D eigenvalue weighted by atomic mass is 9.87. The van der Waals surface area contributed by atoms with E-state index in [-0.39, 0.29) is 11.3 Å². The normalized spacial score (nSPS) is 16.1. The third kappa shape index (κ3) is 4.68. The Morgan fingerprint density at radius 2 is 1.52 bits per heavy atom. The molecule has 1 aliphatic heterocycles. The second-order valence-electron chi connectivity index (χ2n) is 8.17. The van der Waals surface area contributed by atoms with Gasteiger partial charge in [0.15, 0.2) is 0 Å². The van der Waals surface area contributed by atoms with Crippen LogP contribution in [0.3, 0.4) is 0 Å². The highest BCUT2D eigenvalue weighted by Gasteiger charge is 2.31. The number of hydrogen-bond donors (Lipinski definition) is 0. The van der Waals surface area contributed by atoms with Gasteiger partial charge in [0.1, 0.15) is 0 Å². The summed E-state index contributed by atoms with van der Waals surface area (Å²) < 4.78 is 27.5. The van der Waals surface area contributed by atoms with Crippen molar-refractivity contribution in [2.24, 2.45) is 0 Å². The summed E-state index contributed by atoms with van der Waals surface area (Å²) in [6.45, 7) is 7.68. The minimum Gasteiger partial charge on any atom is -0.336 e. The third-order valence-corrected chi connectivity index (χ3v) is 7.93. The first-order valence-electron chi connectivity index (χ1n) is 9.67. The summed E-state index contributed by atoms with van der Waals surface area (Å²) in [4.78, 5) is 15.9. The average molecular weight is 433 g/mol. The van der Waals surface area contributed by atoms with Gasteiger partial charge in [-0.15, -0.1) is 11.8 Å². The zero-order valence-corrected chi connectivity index (χ0v) is 19.0. The summed E-state index contributed by atoms with van der Waals surface area (Å²) in [7, 11) is -3.56. The predicted octanol–water partition coefficient (Wildman–Crippen LogP) is 3.85. The molecule has 0 bridgehead atoms. The van der Waals surface area contributed by atoms with Gasteiger partial charge in [-0.1, -0.05) is 45.0 Å². The van der Waals surface area contributed by atoms with Gasteiger partial charge in [-0.3, -0.25) is 4.79 Å². The molecule has 2 aromatic rings. The van der Waals surface area contributed by atoms with Crippen molar-refractivity contribution in [3.05, 3.63) is 59.7 Å². The van der Waals surface area contributed by atoms with Gasteiger partial charge >= 0.3 is 0 Å². The van der Waals surface area contributed by atoms with E-state index in [1.165, 1.54) is 16.1 Å². The van der Waals surface area contributed by atoms with E-state index in [4.69, 9.17) is 0 Å². The van der Waals surface area contributed by atoms with Crippen LogP contribution >= 0.6 is 11.8 Å². The Morgan fingerprint density at radius 1 is 0.931 bits per heavy atom. The number of amides is 1. The fourth-order valence-corrected chi connectivity index (χ4v) is 5.41. The zero-order chi connectivity index (χ0) is 21.2. The Balaban J connectivity index is 1.70. The van der Waals surface area contributed by atoms with E-state index in [2.05, 4.69) is 20.8 Å². The molecule has 0 radical (unpaired) electrons. The largest absolute Gasteiger partial charge is 0.336 e. The van der Waals surface area contributed by atoms with Gasteiger partial charge in [0, 0.05) is 31.1 Å². The first kappa shape index (κ1) is 21.9. The average Bonchev–Trinajstić information content (AvgIpc) is 2.72. The highest BCUT2D eigenvalue weighted by atomic mass is 32.2. The first-order valence-corrected chi connectivity index (χ1v) is 12.3. The fourth-order valence-electron chi connectivity index (χ4n) is 3.40. The van der Waals surface area contributed by atoms with Crippen LogP contribution in [-0.2, 0) is 15.4 Å². The molecule has 1 heterocycles. The first-order chi connectivity index (χ1) is 13.6. The lowest BCUT2D eigenvalue weighted by Gasteiger charge is -2.34. The number of benzene rings is 2. The molecule has 1 amide bonds. The highest BCUT2D eigenvalue weighted by Crippen LogP contribution is 2.26. The maximum atomic E-state index is 13.0. The van der Waals surface area contributed by atoms with E-state index < -0.39 is 10.0 Å². The van der Waals surface area contributed by atoms with Crippen LogP contribution in [0.15, 0.2) is 58.3 Å². The van der Waals surface area contributed by atoms with Crippen LogP contribution < -0.4 is 0 Å². The van der Waals surface area contributed by atoms with Crippen LogP contribution in [0.1, 0.15) is 36.7 Å². The Labute approximate surface area is 178 Å². The fraction of sp³-hybridized carbons (Fsp3) is 0.409. The number of piperazine rings is 1. The maximum Gasteiger partial charge on any atom is 0.255 e. The van der Waals surface area contributed by atoms with E-state index in [9.17, 15) is 13.2 Å². The lowest BCUT2D eigenvalue weighted by molar-refractivity contribution is 0.0694. The van der Waals surface area contributed by atoms with Crippen LogP contribution in [0.5, 0.6) is 0 Å². The second kappa shape index (κ2) is 8.50. The molecule has 0 aromatic heterocycles. The summed E-state index contributed by atoms with van der Waals surface area (Å²) in [6, 6.07) is 14.7. The van der Waals surface area contributed by atoms with Crippen molar-refractivity contribution in [1.82, 2.24) is 9.21 Å². The van der Waals surface area contributed by atoms with Crippen molar-refractivity contribution >= 4 is 27.7 Å². The molecule has 0 aliphatic carbocycles. The van der Waals surface area contributed by atoms with Crippen molar-refractivity contribution in [2.75, 3.05) is 32.4 Å². The molecule has 0 unspecified atom stereocenters. The topological polar surface area (TPSA) is 57.7 Å². The molecule has 0 spiro atoms. The predicted molar refractivity (Wildman–Crippen MR) is 118 cm³/mol. The van der Waals surface area contributed by atoms with Gasteiger partial charge in [0.2, 0.25) is 10.0 Å². The molecule has 1 fully saturated rings. The molecule has 7 heteroatoms. The van der Waals surface area contributed by atoms with E-state index in [1.807, 2.05) is 42.7 Å². The van der Waals surface area contributed by atoms with Crippen molar-refractivity contribution in [3.8, 4) is 0 Å². The zero-order valence-electron chi connectivity index (χ0n) is 17.4. The van der Waals surface area contributed by atoms with Crippen molar-refractivity contribution in [1.29, 1.82) is 0 Å². The summed E-state index contributed by atoms with van der Waals surface area (Å²) in [5, 5.41) is 0. The number of carbonyl (C=O) groups excluding carboxylic acids is 1. The monoisotopic (exact) mass is 432 g/mol. The van der Waals surface area contributed by atoms with Gasteiger partial charge in [-0.25, -0.2) is 8.42 Å². The van der Waals surface area contributed by atoms with Crippen LogP contribution in [0.4, 0.5) is 0 Å². The Hall–Kier alpha value is -1.83. The Kier molecular flexibility index (Phi) is 6.41. The number of hydrogen-bond acceptors (Lipinski definition) is 4. The Morgan fingerprint density at radius 3 is 2.07 bits per heavy atom. The highest BCUT2D eigenvalue weighted by molar-refractivity contribution is 7.98. The number of thioether (sulfide) groups is 1. The standard InChI is InChI=1S/C22H28N2O3S2/c1-22(2,3)17-9-11-18(12-10-17)29(26,27)24-15-13-23(14-16-24)21(25)19-7-5-6-8-20(19)28-4/h5-12H,13-16H2,1-4H3. The van der Waals surface area contributed by atoms with Gasteiger partial charge in [0.25, 0.3) is 5.91 Å². The van der Waals surface area contributed by atoms with Crippen molar-refractivity contribution in [2.45, 2.75) is 36.0 Å². The van der Waals surface area contributed by atoms with E-state index >= 15 is 0 Å². The number of rotatable bonds is 4. The number of sulfonamides is 1. The van der Waals surface area contributed by atoms with E-state index in [0.717, 1.165) is 10.5 Å². The minimum atomic E-state index is -3.56. The summed E-state index contributed by atoms with van der Waals surface area (Å²) >= 11 is 1.54. The molecular weight excluding hydrogens is 404 g/mol. The number of nitrogens with zero attached hydrogens (tertiary/aromatic N) is 2. The third-order valence-electron chi connectivity index (χ3n) is 5.22. The van der Waals surface area contributed by atoms with Crippen molar-refractivity contribution in [3.63, 3.8) is 0 Å². The molecule has 0 atom stereocenters. The van der Waals surface area contributed by atoms with Gasteiger partial charge < -0.3 is 4.90 Å². The minimum absolute atomic E-state index is 0.0264. The quantitative estimate of drug-likeness (QED) is 0.689. The molecule has 1 aliphatic rings. The molecule has 3 rings (SSSR count). The molecular formula is C22H28N2O3S2. The summed E-state index contributed by atoms with van der Waals surface area (Å²) in [5.41, 5.74) is 1.75. The Bertz CT molecular complexity index is 972. The van der Waals surface area contributed by atoms with E-state index in [0.29, 0.717) is 36.6 Å². The van der Waals surface area contributed by atoms with Crippen LogP contribution in [0.25, 0.3) is 0 Å². The van der Waals surface area contributed by atoms with Crippen molar-refractivity contribution < 1.29 is 13.2 Å². The van der Waals surface area contributed by atoms with Gasteiger partial charge in [-0.05, 0) is 41.5 Å². The summed E-state index contributed by atoms with van der Waals surface area (Å²) in [6.07, 6.45) is 1.95. The molecule has 1 saturated heterocycles. The molecule has 0 saturated carbocycles. The van der Waals surface area contributed by atoms with Gasteiger partial charge in [-0.2, -0.15) is 4.31 Å². The molecule has 5 nitrogen and oxygen atoms in total. The van der Waals surface area contributed by atoms with E-state index in [1.54, 1.807) is 17.0 Å². The van der Waals surface area contributed by atoms with Gasteiger partial charge in [0.05, 0.1) is 10.5 Å². The number of carbonyl (C=O) groups is 1. The maximum absolute atomic E-state index is 13.0. The molecule has 29 heavy (non-hydrogen) atoms. The van der Waals surface area contributed by atoms with Crippen LogP contribution in [0, 0.1) is 0 Å². The van der Waals surface area contributed by atoms with Crippen LogP contribution in [0.2, 0.25) is 0 Å².